The molecule has 1 N–H and O–H groups in total. The third kappa shape index (κ3) is 3.55. The molecule has 0 saturated heterocycles. The number of nitrogens with one attached hydrogen (secondary N) is 1. The predicted octanol–water partition coefficient (Wildman–Crippen LogP) is 4.45. The molecule has 2 aromatic carbocycles. The summed E-state index contributed by atoms with van der Waals surface area (Å²) in [6.07, 6.45) is -2.97. The number of amides is 1. The van der Waals surface area contributed by atoms with Crippen LogP contribution in [0.5, 0.6) is 0 Å². The van der Waals surface area contributed by atoms with E-state index >= 15 is 0 Å². The second kappa shape index (κ2) is 6.43. The molecule has 1 amide bonds. The van der Waals surface area contributed by atoms with Gasteiger partial charge in [-0.2, -0.15) is 18.3 Å². The second-order valence-electron chi connectivity index (χ2n) is 5.42. The largest absolute Gasteiger partial charge is 0.416 e. The van der Waals surface area contributed by atoms with E-state index in [0.717, 1.165) is 17.8 Å². The summed E-state index contributed by atoms with van der Waals surface area (Å²) >= 11 is 0. The molecule has 0 atom stereocenters. The number of alkyl halides is 3. The van der Waals surface area contributed by atoms with Gasteiger partial charge < -0.3 is 5.32 Å². The topological polar surface area (TPSA) is 46.9 Å². The number of benzene rings is 2. The Bertz CT molecular complexity index is 884. The average Bonchev–Trinajstić information content (AvgIpc) is 2.97. The lowest BCUT2D eigenvalue weighted by Crippen LogP contribution is -2.13. The summed E-state index contributed by atoms with van der Waals surface area (Å²) in [7, 11) is 0. The zero-order chi connectivity index (χ0) is 18.0. The average molecular weight is 345 g/mol. The molecule has 0 aliphatic heterocycles. The summed E-state index contributed by atoms with van der Waals surface area (Å²) in [4.78, 5) is 12.4. The lowest BCUT2D eigenvalue weighted by molar-refractivity contribution is -0.137. The van der Waals surface area contributed by atoms with E-state index in [1.54, 1.807) is 11.6 Å². The van der Waals surface area contributed by atoms with E-state index in [4.69, 9.17) is 0 Å². The summed E-state index contributed by atoms with van der Waals surface area (Å²) in [6, 6.07) is 13.6. The Hall–Kier alpha value is -3.09. The number of para-hydroxylation sites is 1. The summed E-state index contributed by atoms with van der Waals surface area (Å²) in [5, 5.41) is 6.79. The minimum Gasteiger partial charge on any atom is -0.322 e. The van der Waals surface area contributed by atoms with Crippen LogP contribution in [0.25, 0.3) is 5.69 Å². The molecule has 0 aliphatic carbocycles. The van der Waals surface area contributed by atoms with E-state index < -0.39 is 17.6 Å². The van der Waals surface area contributed by atoms with E-state index in [0.29, 0.717) is 11.3 Å². The third-order valence-corrected chi connectivity index (χ3v) is 3.73. The van der Waals surface area contributed by atoms with Gasteiger partial charge in [0.05, 0.1) is 28.7 Å². The monoisotopic (exact) mass is 345 g/mol. The number of aromatic nitrogens is 2. The fourth-order valence-corrected chi connectivity index (χ4v) is 2.40. The Morgan fingerprint density at radius 2 is 1.68 bits per heavy atom. The van der Waals surface area contributed by atoms with Crippen molar-refractivity contribution in [1.82, 2.24) is 9.78 Å². The van der Waals surface area contributed by atoms with E-state index in [1.807, 2.05) is 30.3 Å². The maximum Gasteiger partial charge on any atom is 0.416 e. The van der Waals surface area contributed by atoms with E-state index in [-0.39, 0.29) is 5.69 Å². The van der Waals surface area contributed by atoms with Crippen LogP contribution in [0.1, 0.15) is 21.6 Å². The number of rotatable bonds is 3. The Labute approximate surface area is 141 Å². The maximum atomic E-state index is 12.6. The molecular weight excluding hydrogens is 331 g/mol. The van der Waals surface area contributed by atoms with Crippen LogP contribution in [-0.2, 0) is 6.18 Å². The minimum absolute atomic E-state index is 0.282. The highest BCUT2D eigenvalue weighted by Crippen LogP contribution is 2.30. The molecule has 0 fully saturated rings. The molecule has 0 unspecified atom stereocenters. The van der Waals surface area contributed by atoms with Gasteiger partial charge in [-0.1, -0.05) is 18.2 Å². The molecule has 3 rings (SSSR count). The van der Waals surface area contributed by atoms with Gasteiger partial charge in [-0.05, 0) is 43.3 Å². The van der Waals surface area contributed by atoms with Crippen molar-refractivity contribution >= 4 is 11.6 Å². The molecule has 4 nitrogen and oxygen atoms in total. The van der Waals surface area contributed by atoms with Crippen LogP contribution in [0.3, 0.4) is 0 Å². The maximum absolute atomic E-state index is 12.6. The van der Waals surface area contributed by atoms with Crippen LogP contribution in [-0.4, -0.2) is 15.7 Å². The molecule has 0 radical (unpaired) electrons. The van der Waals surface area contributed by atoms with Crippen molar-refractivity contribution in [2.75, 3.05) is 5.32 Å². The van der Waals surface area contributed by atoms with Crippen molar-refractivity contribution in [3.05, 3.63) is 77.6 Å². The molecule has 128 valence electrons. The lowest BCUT2D eigenvalue weighted by Gasteiger charge is -2.09. The molecule has 0 bridgehead atoms. The van der Waals surface area contributed by atoms with Crippen molar-refractivity contribution in [2.45, 2.75) is 13.1 Å². The SMILES string of the molecule is Cc1c(C(=O)Nc2ccc(C(F)(F)F)cc2)cnn1-c1ccccc1. The van der Waals surface area contributed by atoms with Gasteiger partial charge in [0.1, 0.15) is 0 Å². The van der Waals surface area contributed by atoms with Gasteiger partial charge in [-0.25, -0.2) is 4.68 Å². The van der Waals surface area contributed by atoms with E-state index in [9.17, 15) is 18.0 Å². The van der Waals surface area contributed by atoms with Crippen molar-refractivity contribution in [2.24, 2.45) is 0 Å². The standard InChI is InChI=1S/C18H14F3N3O/c1-12-16(11-22-24(12)15-5-3-2-4-6-15)17(25)23-14-9-7-13(8-10-14)18(19,20)21/h2-11H,1H3,(H,23,25). The number of hydrogen-bond acceptors (Lipinski definition) is 2. The van der Waals surface area contributed by atoms with Crippen LogP contribution in [0.4, 0.5) is 18.9 Å². The zero-order valence-electron chi connectivity index (χ0n) is 13.2. The van der Waals surface area contributed by atoms with Crippen LogP contribution < -0.4 is 5.32 Å². The first-order valence-corrected chi connectivity index (χ1v) is 7.45. The Balaban J connectivity index is 1.79. The first kappa shape index (κ1) is 16.8. The number of halogens is 3. The first-order valence-electron chi connectivity index (χ1n) is 7.45. The van der Waals surface area contributed by atoms with E-state index in [1.165, 1.54) is 18.3 Å². The predicted molar refractivity (Wildman–Crippen MR) is 87.7 cm³/mol. The summed E-state index contributed by atoms with van der Waals surface area (Å²) in [6.45, 7) is 1.75. The van der Waals surface area contributed by atoms with Gasteiger partial charge >= 0.3 is 6.18 Å². The number of carbonyl (C=O) groups excluding carboxylic acids is 1. The number of carbonyl (C=O) groups is 1. The Kier molecular flexibility index (Phi) is 4.31. The molecule has 1 aromatic heterocycles. The van der Waals surface area contributed by atoms with Gasteiger partial charge in [-0.3, -0.25) is 4.79 Å². The second-order valence-corrected chi connectivity index (χ2v) is 5.42. The molecule has 3 aromatic rings. The van der Waals surface area contributed by atoms with Crippen LogP contribution >= 0.6 is 0 Å². The van der Waals surface area contributed by atoms with Crippen molar-refractivity contribution < 1.29 is 18.0 Å². The molecule has 1 heterocycles. The highest BCUT2D eigenvalue weighted by atomic mass is 19.4. The highest BCUT2D eigenvalue weighted by Gasteiger charge is 2.30. The molecule has 0 saturated carbocycles. The van der Waals surface area contributed by atoms with Gasteiger partial charge in [0.25, 0.3) is 5.91 Å². The molecule has 7 heteroatoms. The van der Waals surface area contributed by atoms with Crippen LogP contribution in [0, 0.1) is 6.92 Å². The smallest absolute Gasteiger partial charge is 0.322 e. The molecular formula is C18H14F3N3O. The lowest BCUT2D eigenvalue weighted by atomic mass is 10.2. The highest BCUT2D eigenvalue weighted by molar-refractivity contribution is 6.05. The Morgan fingerprint density at radius 1 is 1.04 bits per heavy atom. The Morgan fingerprint density at radius 3 is 2.28 bits per heavy atom. The summed E-state index contributed by atoms with van der Waals surface area (Å²) < 4.78 is 39.3. The number of nitrogens with zero attached hydrogens (tertiary/aromatic N) is 2. The van der Waals surface area contributed by atoms with E-state index in [2.05, 4.69) is 10.4 Å². The molecule has 25 heavy (non-hydrogen) atoms. The fraction of sp³-hybridized carbons (Fsp3) is 0.111. The van der Waals surface area contributed by atoms with Crippen LogP contribution in [0.15, 0.2) is 60.8 Å². The van der Waals surface area contributed by atoms with Gasteiger partial charge in [0.2, 0.25) is 0 Å². The van der Waals surface area contributed by atoms with Gasteiger partial charge in [0.15, 0.2) is 0 Å². The normalized spacial score (nSPS) is 11.4. The molecule has 0 spiro atoms. The van der Waals surface area contributed by atoms with Crippen LogP contribution in [0.2, 0.25) is 0 Å². The number of hydrogen-bond donors (Lipinski definition) is 1. The number of anilines is 1. The quantitative estimate of drug-likeness (QED) is 0.762. The van der Waals surface area contributed by atoms with Crippen molar-refractivity contribution in [3.63, 3.8) is 0 Å². The first-order chi connectivity index (χ1) is 11.9. The molecule has 0 aliphatic rings. The minimum atomic E-state index is -4.41. The van der Waals surface area contributed by atoms with Crippen molar-refractivity contribution in [3.8, 4) is 5.69 Å². The summed E-state index contributed by atoms with van der Waals surface area (Å²) in [5.74, 6) is -0.431. The van der Waals surface area contributed by atoms with Gasteiger partial charge in [0, 0.05) is 5.69 Å². The third-order valence-electron chi connectivity index (χ3n) is 3.73. The van der Waals surface area contributed by atoms with Gasteiger partial charge in [-0.15, -0.1) is 0 Å². The zero-order valence-corrected chi connectivity index (χ0v) is 13.2. The fourth-order valence-electron chi connectivity index (χ4n) is 2.40. The van der Waals surface area contributed by atoms with Crippen molar-refractivity contribution in [1.29, 1.82) is 0 Å². The summed E-state index contributed by atoms with van der Waals surface area (Å²) in [5.41, 5.74) is 1.32.